The second-order valence-corrected chi connectivity index (χ2v) is 4.58. The lowest BCUT2D eigenvalue weighted by atomic mass is 10.1. The van der Waals surface area contributed by atoms with Gasteiger partial charge in [-0.1, -0.05) is 11.6 Å². The predicted molar refractivity (Wildman–Crippen MR) is 66.3 cm³/mol. The van der Waals surface area contributed by atoms with Gasteiger partial charge in [0.2, 0.25) is 5.91 Å². The summed E-state index contributed by atoms with van der Waals surface area (Å²) in [5.74, 6) is 0.763. The molecule has 1 aromatic heterocycles. The van der Waals surface area contributed by atoms with Crippen molar-refractivity contribution in [3.05, 3.63) is 16.3 Å². The summed E-state index contributed by atoms with van der Waals surface area (Å²) in [5, 5.41) is 11.3. The number of rotatable bonds is 1. The third kappa shape index (κ3) is 2.07. The standard InChI is InChI=1S/C11H15ClN4O/c1-6-7(2)10(15-14-9(6)12)16-5-4-13-11(17)8(16)3/h8H,4-5H2,1-3H3,(H,13,17). The summed E-state index contributed by atoms with van der Waals surface area (Å²) in [6.45, 7) is 7.09. The fourth-order valence-corrected chi connectivity index (χ4v) is 2.09. The van der Waals surface area contributed by atoms with Crippen molar-refractivity contribution in [2.75, 3.05) is 18.0 Å². The van der Waals surface area contributed by atoms with Gasteiger partial charge in [0.25, 0.3) is 0 Å². The van der Waals surface area contributed by atoms with E-state index in [4.69, 9.17) is 11.6 Å². The molecule has 1 saturated heterocycles. The first kappa shape index (κ1) is 12.1. The van der Waals surface area contributed by atoms with Gasteiger partial charge >= 0.3 is 0 Å². The van der Waals surface area contributed by atoms with Crippen LogP contribution in [0.15, 0.2) is 0 Å². The highest BCUT2D eigenvalue weighted by atomic mass is 35.5. The lowest BCUT2D eigenvalue weighted by molar-refractivity contribution is -0.122. The van der Waals surface area contributed by atoms with E-state index < -0.39 is 0 Å². The summed E-state index contributed by atoms with van der Waals surface area (Å²) >= 11 is 5.92. The molecule has 1 N–H and O–H groups in total. The molecule has 1 unspecified atom stereocenters. The van der Waals surface area contributed by atoms with E-state index in [9.17, 15) is 4.79 Å². The minimum absolute atomic E-state index is 0.0186. The Kier molecular flexibility index (Phi) is 3.19. The van der Waals surface area contributed by atoms with Crippen molar-refractivity contribution in [3.63, 3.8) is 0 Å². The zero-order valence-corrected chi connectivity index (χ0v) is 10.9. The van der Waals surface area contributed by atoms with Gasteiger partial charge in [-0.15, -0.1) is 10.2 Å². The van der Waals surface area contributed by atoms with Crippen LogP contribution in [-0.4, -0.2) is 35.2 Å². The molecule has 1 aliphatic rings. The molecule has 2 heterocycles. The van der Waals surface area contributed by atoms with Crippen molar-refractivity contribution in [2.24, 2.45) is 0 Å². The highest BCUT2D eigenvalue weighted by Crippen LogP contribution is 2.25. The number of hydrogen-bond acceptors (Lipinski definition) is 4. The van der Waals surface area contributed by atoms with Crippen molar-refractivity contribution in [2.45, 2.75) is 26.8 Å². The first-order valence-electron chi connectivity index (χ1n) is 5.56. The molecule has 0 bridgehead atoms. The molecule has 0 aromatic carbocycles. The van der Waals surface area contributed by atoms with Crippen LogP contribution in [0.25, 0.3) is 0 Å². The predicted octanol–water partition coefficient (Wildman–Crippen LogP) is 1.07. The molecule has 1 atom stereocenters. The van der Waals surface area contributed by atoms with Crippen LogP contribution >= 0.6 is 11.6 Å². The summed E-state index contributed by atoms with van der Waals surface area (Å²) in [6.07, 6.45) is 0. The molecule has 0 aliphatic carbocycles. The van der Waals surface area contributed by atoms with Crippen LogP contribution in [0.2, 0.25) is 5.15 Å². The van der Waals surface area contributed by atoms with Crippen LogP contribution < -0.4 is 10.2 Å². The molecular weight excluding hydrogens is 240 g/mol. The molecule has 1 fully saturated rings. The summed E-state index contributed by atoms with van der Waals surface area (Å²) in [6, 6.07) is -0.225. The summed E-state index contributed by atoms with van der Waals surface area (Å²) in [5.41, 5.74) is 1.89. The van der Waals surface area contributed by atoms with Crippen molar-refractivity contribution in [1.82, 2.24) is 15.5 Å². The van der Waals surface area contributed by atoms with Gasteiger partial charge in [0.05, 0.1) is 0 Å². The van der Waals surface area contributed by atoms with Gasteiger partial charge in [-0.3, -0.25) is 4.79 Å². The highest BCUT2D eigenvalue weighted by molar-refractivity contribution is 6.30. The topological polar surface area (TPSA) is 58.1 Å². The van der Waals surface area contributed by atoms with Crippen LogP contribution in [-0.2, 0) is 4.79 Å². The van der Waals surface area contributed by atoms with E-state index in [0.717, 1.165) is 23.5 Å². The van der Waals surface area contributed by atoms with Gasteiger partial charge in [-0.25, -0.2) is 0 Å². The van der Waals surface area contributed by atoms with Crippen LogP contribution in [0.5, 0.6) is 0 Å². The lowest BCUT2D eigenvalue weighted by Crippen LogP contribution is -2.54. The number of anilines is 1. The van der Waals surface area contributed by atoms with Gasteiger partial charge in [0.1, 0.15) is 6.04 Å². The minimum Gasteiger partial charge on any atom is -0.353 e. The Bertz CT molecular complexity index is 463. The Hall–Kier alpha value is -1.36. The van der Waals surface area contributed by atoms with Gasteiger partial charge in [-0.05, 0) is 31.9 Å². The number of aromatic nitrogens is 2. The molecule has 0 radical (unpaired) electrons. The van der Waals surface area contributed by atoms with Crippen molar-refractivity contribution < 1.29 is 4.79 Å². The number of amides is 1. The lowest BCUT2D eigenvalue weighted by Gasteiger charge is -2.34. The highest BCUT2D eigenvalue weighted by Gasteiger charge is 2.28. The van der Waals surface area contributed by atoms with E-state index in [2.05, 4.69) is 15.5 Å². The minimum atomic E-state index is -0.225. The van der Waals surface area contributed by atoms with Crippen LogP contribution in [0, 0.1) is 13.8 Å². The molecule has 0 saturated carbocycles. The maximum absolute atomic E-state index is 11.6. The Labute approximate surface area is 105 Å². The van der Waals surface area contributed by atoms with E-state index in [0.29, 0.717) is 11.7 Å². The maximum atomic E-state index is 11.6. The molecule has 2 rings (SSSR count). The second-order valence-electron chi connectivity index (χ2n) is 4.22. The third-order valence-electron chi connectivity index (χ3n) is 3.21. The van der Waals surface area contributed by atoms with Crippen LogP contribution in [0.4, 0.5) is 5.82 Å². The smallest absolute Gasteiger partial charge is 0.242 e. The number of nitrogens with zero attached hydrogens (tertiary/aromatic N) is 3. The first-order chi connectivity index (χ1) is 8.02. The molecule has 1 amide bonds. The van der Waals surface area contributed by atoms with Crippen LogP contribution in [0.1, 0.15) is 18.1 Å². The molecule has 6 heteroatoms. The van der Waals surface area contributed by atoms with Gasteiger partial charge in [0, 0.05) is 13.1 Å². The monoisotopic (exact) mass is 254 g/mol. The summed E-state index contributed by atoms with van der Waals surface area (Å²) < 4.78 is 0. The quantitative estimate of drug-likeness (QED) is 0.815. The molecular formula is C11H15ClN4O. The average Bonchev–Trinajstić information content (AvgIpc) is 2.31. The zero-order chi connectivity index (χ0) is 12.6. The largest absolute Gasteiger partial charge is 0.353 e. The van der Waals surface area contributed by atoms with Gasteiger partial charge < -0.3 is 10.2 Å². The fraction of sp³-hybridized carbons (Fsp3) is 0.545. The third-order valence-corrected chi connectivity index (χ3v) is 3.57. The number of halogens is 1. The molecule has 1 aliphatic heterocycles. The normalized spacial score (nSPS) is 20.4. The van der Waals surface area contributed by atoms with Crippen molar-refractivity contribution in [3.8, 4) is 0 Å². The van der Waals surface area contributed by atoms with E-state index in [1.807, 2.05) is 25.7 Å². The average molecular weight is 255 g/mol. The molecule has 0 spiro atoms. The number of piperazine rings is 1. The number of nitrogens with one attached hydrogen (secondary N) is 1. The Morgan fingerprint density at radius 3 is 2.76 bits per heavy atom. The summed E-state index contributed by atoms with van der Waals surface area (Å²) in [4.78, 5) is 13.6. The van der Waals surface area contributed by atoms with E-state index >= 15 is 0 Å². The fourth-order valence-electron chi connectivity index (χ4n) is 1.91. The van der Waals surface area contributed by atoms with Crippen molar-refractivity contribution in [1.29, 1.82) is 0 Å². The summed E-state index contributed by atoms with van der Waals surface area (Å²) in [7, 11) is 0. The van der Waals surface area contributed by atoms with Crippen LogP contribution in [0.3, 0.4) is 0 Å². The van der Waals surface area contributed by atoms with Crippen molar-refractivity contribution >= 4 is 23.3 Å². The van der Waals surface area contributed by atoms with E-state index in [1.54, 1.807) is 0 Å². The zero-order valence-electron chi connectivity index (χ0n) is 10.1. The molecule has 1 aromatic rings. The second kappa shape index (κ2) is 4.49. The van der Waals surface area contributed by atoms with Gasteiger partial charge in [-0.2, -0.15) is 0 Å². The number of carbonyl (C=O) groups excluding carboxylic acids is 1. The maximum Gasteiger partial charge on any atom is 0.242 e. The van der Waals surface area contributed by atoms with Gasteiger partial charge in [0.15, 0.2) is 11.0 Å². The van der Waals surface area contributed by atoms with E-state index in [1.165, 1.54) is 0 Å². The Morgan fingerprint density at radius 2 is 2.06 bits per heavy atom. The molecule has 92 valence electrons. The number of hydrogen-bond donors (Lipinski definition) is 1. The first-order valence-corrected chi connectivity index (χ1v) is 5.94. The molecule has 5 nitrogen and oxygen atoms in total. The van der Waals surface area contributed by atoms with E-state index in [-0.39, 0.29) is 11.9 Å². The Morgan fingerprint density at radius 1 is 1.35 bits per heavy atom. The SMILES string of the molecule is Cc1c(Cl)nnc(N2CCNC(=O)C2C)c1C. The number of carbonyl (C=O) groups is 1. The Balaban J connectivity index is 2.40. The molecule has 17 heavy (non-hydrogen) atoms.